The number of aromatic nitrogens is 2. The van der Waals surface area contributed by atoms with E-state index >= 15 is 0 Å². The van der Waals surface area contributed by atoms with E-state index in [1.54, 1.807) is 0 Å². The van der Waals surface area contributed by atoms with Crippen LogP contribution in [-0.4, -0.2) is 15.3 Å². The van der Waals surface area contributed by atoms with E-state index in [4.69, 9.17) is 23.2 Å². The Balaban J connectivity index is 2.22. The first-order valence-electron chi connectivity index (χ1n) is 6.35. The van der Waals surface area contributed by atoms with E-state index in [0.717, 1.165) is 16.7 Å². The fourth-order valence-electron chi connectivity index (χ4n) is 2.64. The maximum Gasteiger partial charge on any atom is 0.267 e. The molecule has 114 valence electrons. The molecule has 0 saturated carbocycles. The normalized spacial score (nSPS) is 12.6. The molecule has 2 heterocycles. The molecule has 0 amide bonds. The van der Waals surface area contributed by atoms with E-state index in [0.29, 0.717) is 0 Å². The standard InChI is InChI=1S/C15H4Cl2F2N2O2/c16-11-5(18)1-3-7-9(11)15(23)21-8-4-2-6(19)12(17)10(8)13(22)14(21)20-7/h1-4H. The molecule has 4 nitrogen and oxygen atoms in total. The van der Waals surface area contributed by atoms with Gasteiger partial charge in [-0.1, -0.05) is 23.2 Å². The summed E-state index contributed by atoms with van der Waals surface area (Å²) in [4.78, 5) is 29.2. The molecule has 0 spiro atoms. The van der Waals surface area contributed by atoms with E-state index in [1.165, 1.54) is 12.1 Å². The van der Waals surface area contributed by atoms with Crippen molar-refractivity contribution < 1.29 is 13.6 Å². The molecule has 0 atom stereocenters. The second-order valence-electron chi connectivity index (χ2n) is 4.92. The smallest absolute Gasteiger partial charge is 0.267 e. The van der Waals surface area contributed by atoms with E-state index in [1.807, 2.05) is 0 Å². The number of nitrogens with zero attached hydrogens (tertiary/aromatic N) is 2. The van der Waals surface area contributed by atoms with Crippen LogP contribution in [0.15, 0.2) is 29.1 Å². The SMILES string of the molecule is O=C1c2c(ccc(F)c2Cl)-n2c1nc1ccc(F)c(Cl)c1c2=O. The average Bonchev–Trinajstić information content (AvgIpc) is 2.81. The second-order valence-corrected chi connectivity index (χ2v) is 5.67. The van der Waals surface area contributed by atoms with Crippen molar-refractivity contribution in [1.82, 2.24) is 9.55 Å². The van der Waals surface area contributed by atoms with Crippen molar-refractivity contribution in [2.75, 3.05) is 0 Å². The Kier molecular flexibility index (Phi) is 2.86. The zero-order valence-corrected chi connectivity index (χ0v) is 12.5. The third-order valence-electron chi connectivity index (χ3n) is 3.67. The van der Waals surface area contributed by atoms with Gasteiger partial charge in [0.05, 0.1) is 32.2 Å². The quantitative estimate of drug-likeness (QED) is 0.486. The molecule has 0 radical (unpaired) electrons. The zero-order valence-electron chi connectivity index (χ0n) is 11.0. The third kappa shape index (κ3) is 1.73. The molecule has 0 bridgehead atoms. The Morgan fingerprint density at radius 3 is 2.35 bits per heavy atom. The number of hydrogen-bond donors (Lipinski definition) is 0. The van der Waals surface area contributed by atoms with Gasteiger partial charge < -0.3 is 0 Å². The highest BCUT2D eigenvalue weighted by atomic mass is 35.5. The minimum Gasteiger partial charge on any atom is -0.285 e. The molecule has 0 saturated heterocycles. The van der Waals surface area contributed by atoms with Gasteiger partial charge in [0.15, 0.2) is 5.82 Å². The van der Waals surface area contributed by atoms with Gasteiger partial charge >= 0.3 is 0 Å². The van der Waals surface area contributed by atoms with Crippen molar-refractivity contribution in [2.24, 2.45) is 0 Å². The topological polar surface area (TPSA) is 52.0 Å². The first kappa shape index (κ1) is 14.3. The van der Waals surface area contributed by atoms with Crippen molar-refractivity contribution in [3.8, 4) is 5.69 Å². The monoisotopic (exact) mass is 352 g/mol. The molecule has 0 unspecified atom stereocenters. The highest BCUT2D eigenvalue weighted by molar-refractivity contribution is 6.37. The molecule has 8 heteroatoms. The van der Waals surface area contributed by atoms with Crippen LogP contribution in [0, 0.1) is 11.6 Å². The Labute approximate surface area is 136 Å². The number of benzene rings is 2. The molecular formula is C15H4Cl2F2N2O2. The van der Waals surface area contributed by atoms with Crippen LogP contribution in [0.2, 0.25) is 10.0 Å². The molecular weight excluding hydrogens is 349 g/mol. The number of halogens is 4. The first-order valence-corrected chi connectivity index (χ1v) is 7.11. The van der Waals surface area contributed by atoms with Gasteiger partial charge in [-0.2, -0.15) is 0 Å². The Morgan fingerprint density at radius 1 is 0.957 bits per heavy atom. The summed E-state index contributed by atoms with van der Waals surface area (Å²) in [6.45, 7) is 0. The summed E-state index contributed by atoms with van der Waals surface area (Å²) < 4.78 is 28.2. The van der Waals surface area contributed by atoms with Crippen molar-refractivity contribution in [3.63, 3.8) is 0 Å². The first-order chi connectivity index (χ1) is 10.9. The van der Waals surface area contributed by atoms with Crippen LogP contribution in [0.4, 0.5) is 8.78 Å². The highest BCUT2D eigenvalue weighted by Gasteiger charge is 2.34. The number of fused-ring (bicyclic) bond motifs is 4. The van der Waals surface area contributed by atoms with Gasteiger partial charge in [-0.3, -0.25) is 14.2 Å². The van der Waals surface area contributed by atoms with Gasteiger partial charge in [-0.15, -0.1) is 0 Å². The number of hydrogen-bond acceptors (Lipinski definition) is 3. The predicted octanol–water partition coefficient (Wildman–Crippen LogP) is 3.52. The summed E-state index contributed by atoms with van der Waals surface area (Å²) in [5, 5.41) is -0.931. The summed E-state index contributed by atoms with van der Waals surface area (Å²) in [5.74, 6) is -2.45. The van der Waals surface area contributed by atoms with Crippen LogP contribution in [0.5, 0.6) is 0 Å². The van der Waals surface area contributed by atoms with E-state index < -0.39 is 28.0 Å². The predicted molar refractivity (Wildman–Crippen MR) is 80.7 cm³/mol. The summed E-state index contributed by atoms with van der Waals surface area (Å²) in [6.07, 6.45) is 0. The zero-order chi connectivity index (χ0) is 16.5. The van der Waals surface area contributed by atoms with Crippen molar-refractivity contribution >= 4 is 39.9 Å². The lowest BCUT2D eigenvalue weighted by Crippen LogP contribution is -2.22. The largest absolute Gasteiger partial charge is 0.285 e. The summed E-state index contributed by atoms with van der Waals surface area (Å²) >= 11 is 11.7. The van der Waals surface area contributed by atoms with Crippen molar-refractivity contribution in [3.05, 3.63) is 67.7 Å². The molecule has 0 fully saturated rings. The third-order valence-corrected chi connectivity index (χ3v) is 4.41. The molecule has 1 aliphatic rings. The maximum absolute atomic E-state index is 13.6. The van der Waals surface area contributed by atoms with E-state index in [9.17, 15) is 18.4 Å². The number of rotatable bonds is 0. The maximum atomic E-state index is 13.6. The van der Waals surface area contributed by atoms with Gasteiger partial charge in [-0.05, 0) is 24.3 Å². The lowest BCUT2D eigenvalue weighted by molar-refractivity contribution is 0.103. The van der Waals surface area contributed by atoms with Gasteiger partial charge in [-0.25, -0.2) is 13.8 Å². The fourth-order valence-corrected chi connectivity index (χ4v) is 3.13. The lowest BCUT2D eigenvalue weighted by Gasteiger charge is -2.07. The summed E-state index contributed by atoms with van der Waals surface area (Å²) in [5.41, 5.74) is -0.700. The van der Waals surface area contributed by atoms with Gasteiger partial charge in [0.25, 0.3) is 5.56 Å². The average molecular weight is 353 g/mol. The number of carbonyl (C=O) groups excluding carboxylic acids is 1. The number of carbonyl (C=O) groups is 1. The van der Waals surface area contributed by atoms with E-state index in [-0.39, 0.29) is 33.0 Å². The van der Waals surface area contributed by atoms with Crippen LogP contribution in [0.1, 0.15) is 16.2 Å². The summed E-state index contributed by atoms with van der Waals surface area (Å²) in [7, 11) is 0. The highest BCUT2D eigenvalue weighted by Crippen LogP contribution is 2.34. The Hall–Kier alpha value is -2.31. The molecule has 3 aromatic rings. The Bertz CT molecular complexity index is 1110. The van der Waals surface area contributed by atoms with Crippen LogP contribution in [-0.2, 0) is 0 Å². The lowest BCUT2D eigenvalue weighted by atomic mass is 10.1. The second kappa shape index (κ2) is 4.59. The van der Waals surface area contributed by atoms with Crippen LogP contribution >= 0.6 is 23.2 Å². The fraction of sp³-hybridized carbons (Fsp3) is 0. The van der Waals surface area contributed by atoms with Crippen LogP contribution in [0.3, 0.4) is 0 Å². The van der Waals surface area contributed by atoms with Gasteiger partial charge in [0.2, 0.25) is 5.78 Å². The van der Waals surface area contributed by atoms with Crippen molar-refractivity contribution in [2.45, 2.75) is 0 Å². The Morgan fingerprint density at radius 2 is 1.61 bits per heavy atom. The molecule has 23 heavy (non-hydrogen) atoms. The van der Waals surface area contributed by atoms with Gasteiger partial charge in [0.1, 0.15) is 11.6 Å². The molecule has 2 aromatic carbocycles. The molecule has 1 aliphatic heterocycles. The molecule has 0 N–H and O–H groups in total. The molecule has 4 rings (SSSR count). The van der Waals surface area contributed by atoms with E-state index in [2.05, 4.69) is 4.98 Å². The summed E-state index contributed by atoms with van der Waals surface area (Å²) in [6, 6.07) is 4.57. The van der Waals surface area contributed by atoms with Crippen LogP contribution < -0.4 is 5.56 Å². The van der Waals surface area contributed by atoms with Crippen molar-refractivity contribution in [1.29, 1.82) is 0 Å². The molecule has 1 aromatic heterocycles. The number of ketones is 1. The minimum atomic E-state index is -0.784. The van der Waals surface area contributed by atoms with Gasteiger partial charge in [0, 0.05) is 0 Å². The van der Waals surface area contributed by atoms with Crippen LogP contribution in [0.25, 0.3) is 16.6 Å². The minimum absolute atomic E-state index is 0.0744. The molecule has 0 aliphatic carbocycles.